The highest BCUT2D eigenvalue weighted by atomic mass is 19.1. The molecule has 0 amide bonds. The quantitative estimate of drug-likeness (QED) is 0.644. The van der Waals surface area contributed by atoms with Gasteiger partial charge in [0, 0.05) is 24.6 Å². The predicted octanol–water partition coefficient (Wildman–Crippen LogP) is 4.41. The van der Waals surface area contributed by atoms with Crippen LogP contribution in [-0.4, -0.2) is 29.7 Å². The Bertz CT molecular complexity index is 604. The summed E-state index contributed by atoms with van der Waals surface area (Å²) < 4.78 is 19.5. The average Bonchev–Trinajstić information content (AvgIpc) is 2.92. The molecule has 1 fully saturated rings. The highest BCUT2D eigenvalue weighted by Gasteiger charge is 2.26. The van der Waals surface area contributed by atoms with Gasteiger partial charge in [-0.3, -0.25) is 0 Å². The number of halogens is 1. The molecule has 1 aliphatic heterocycles. The van der Waals surface area contributed by atoms with E-state index in [1.807, 2.05) is 25.7 Å². The van der Waals surface area contributed by atoms with Crippen LogP contribution in [0.3, 0.4) is 0 Å². The Morgan fingerprint density at radius 2 is 2.09 bits per heavy atom. The zero-order chi connectivity index (χ0) is 17.2. The molecule has 3 nitrogen and oxygen atoms in total. The minimum absolute atomic E-state index is 0.0140. The second-order valence-corrected chi connectivity index (χ2v) is 7.20. The van der Waals surface area contributed by atoms with Crippen LogP contribution in [0.25, 0.3) is 0 Å². The number of ether oxygens (including phenoxy) is 1. The summed E-state index contributed by atoms with van der Waals surface area (Å²) in [5, 5.41) is 9.42. The van der Waals surface area contributed by atoms with Crippen molar-refractivity contribution < 1.29 is 14.2 Å². The lowest BCUT2D eigenvalue weighted by Gasteiger charge is -2.24. The molecule has 0 radical (unpaired) electrons. The van der Waals surface area contributed by atoms with Gasteiger partial charge in [0.2, 0.25) is 0 Å². The SMILES string of the molecule is C=C(O)C(=C)N1CCC(COc2ccc(F)cc2C(C)(C)C)C1. The second-order valence-electron chi connectivity index (χ2n) is 7.20. The molecule has 126 valence electrons. The molecule has 4 heteroatoms. The van der Waals surface area contributed by atoms with Gasteiger partial charge < -0.3 is 14.7 Å². The van der Waals surface area contributed by atoms with E-state index in [0.717, 1.165) is 30.8 Å². The Balaban J connectivity index is 2.00. The van der Waals surface area contributed by atoms with Gasteiger partial charge in [-0.2, -0.15) is 0 Å². The Morgan fingerprint density at radius 1 is 1.39 bits per heavy atom. The zero-order valence-corrected chi connectivity index (χ0v) is 14.2. The second kappa shape index (κ2) is 6.65. The van der Waals surface area contributed by atoms with Crippen LogP contribution in [0, 0.1) is 11.7 Å². The Hall–Kier alpha value is -1.97. The normalized spacial score (nSPS) is 18.1. The van der Waals surface area contributed by atoms with Crippen molar-refractivity contribution in [3.05, 3.63) is 54.2 Å². The molecule has 0 aliphatic carbocycles. The van der Waals surface area contributed by atoms with Gasteiger partial charge in [-0.25, -0.2) is 4.39 Å². The first-order valence-electron chi connectivity index (χ1n) is 7.93. The number of hydrogen-bond acceptors (Lipinski definition) is 3. The van der Waals surface area contributed by atoms with Crippen molar-refractivity contribution >= 4 is 0 Å². The van der Waals surface area contributed by atoms with E-state index in [9.17, 15) is 9.50 Å². The minimum Gasteiger partial charge on any atom is -0.506 e. The molecule has 1 aliphatic rings. The van der Waals surface area contributed by atoms with E-state index in [-0.39, 0.29) is 17.0 Å². The van der Waals surface area contributed by atoms with Crippen molar-refractivity contribution in [3.63, 3.8) is 0 Å². The molecule has 0 aromatic heterocycles. The first-order chi connectivity index (χ1) is 10.7. The number of rotatable bonds is 5. The van der Waals surface area contributed by atoms with Crippen LogP contribution in [0.15, 0.2) is 42.8 Å². The summed E-state index contributed by atoms with van der Waals surface area (Å²) >= 11 is 0. The van der Waals surface area contributed by atoms with Crippen molar-refractivity contribution in [2.24, 2.45) is 5.92 Å². The van der Waals surface area contributed by atoms with Crippen LogP contribution in [0.5, 0.6) is 5.75 Å². The van der Waals surface area contributed by atoms with Gasteiger partial charge in [0.05, 0.1) is 12.3 Å². The van der Waals surface area contributed by atoms with E-state index in [4.69, 9.17) is 4.74 Å². The fourth-order valence-corrected chi connectivity index (χ4v) is 2.82. The van der Waals surface area contributed by atoms with Crippen molar-refractivity contribution in [1.29, 1.82) is 0 Å². The summed E-state index contributed by atoms with van der Waals surface area (Å²) in [6, 6.07) is 4.69. The van der Waals surface area contributed by atoms with Crippen LogP contribution in [0.1, 0.15) is 32.8 Å². The molecule has 1 atom stereocenters. The molecule has 1 aromatic rings. The monoisotopic (exact) mass is 319 g/mol. The number of hydrogen-bond donors (Lipinski definition) is 1. The summed E-state index contributed by atoms with van der Waals surface area (Å²) in [4.78, 5) is 2.02. The maximum Gasteiger partial charge on any atom is 0.131 e. The van der Waals surface area contributed by atoms with Gasteiger partial charge in [0.1, 0.15) is 17.3 Å². The molecule has 23 heavy (non-hydrogen) atoms. The lowest BCUT2D eigenvalue weighted by molar-refractivity contribution is 0.243. The Labute approximate surface area is 138 Å². The molecule has 0 saturated carbocycles. The van der Waals surface area contributed by atoms with E-state index >= 15 is 0 Å². The Morgan fingerprint density at radius 3 is 2.70 bits per heavy atom. The molecule has 2 rings (SSSR count). The van der Waals surface area contributed by atoms with Crippen molar-refractivity contribution in [2.45, 2.75) is 32.6 Å². The molecule has 1 heterocycles. The summed E-state index contributed by atoms with van der Waals surface area (Å²) in [7, 11) is 0. The van der Waals surface area contributed by atoms with Gasteiger partial charge >= 0.3 is 0 Å². The standard InChI is InChI=1S/C19H26FNO2/c1-13(14(2)22)21-9-8-15(11-21)12-23-18-7-6-16(20)10-17(18)19(3,4)5/h6-7,10,15,22H,1-2,8-9,11-12H2,3-5H3. The summed E-state index contributed by atoms with van der Waals surface area (Å²) in [6.45, 7) is 15.7. The molecule has 1 aromatic carbocycles. The topological polar surface area (TPSA) is 32.7 Å². The number of aliphatic hydroxyl groups is 1. The zero-order valence-electron chi connectivity index (χ0n) is 14.2. The molecule has 0 bridgehead atoms. The van der Waals surface area contributed by atoms with Crippen molar-refractivity contribution in [3.8, 4) is 5.75 Å². The molecular weight excluding hydrogens is 293 g/mol. The fraction of sp³-hybridized carbons (Fsp3) is 0.474. The van der Waals surface area contributed by atoms with E-state index in [2.05, 4.69) is 13.2 Å². The highest BCUT2D eigenvalue weighted by Crippen LogP contribution is 2.33. The fourth-order valence-electron chi connectivity index (χ4n) is 2.82. The van der Waals surface area contributed by atoms with Gasteiger partial charge in [0.25, 0.3) is 0 Å². The highest BCUT2D eigenvalue weighted by molar-refractivity contribution is 5.38. The van der Waals surface area contributed by atoms with Crippen LogP contribution >= 0.6 is 0 Å². The largest absolute Gasteiger partial charge is 0.506 e. The first-order valence-corrected chi connectivity index (χ1v) is 7.93. The first kappa shape index (κ1) is 17.4. The van der Waals surface area contributed by atoms with E-state index in [0.29, 0.717) is 18.2 Å². The predicted molar refractivity (Wildman–Crippen MR) is 91.2 cm³/mol. The number of aliphatic hydroxyl groups excluding tert-OH is 1. The summed E-state index contributed by atoms with van der Waals surface area (Å²) in [5.41, 5.74) is 1.27. The Kier molecular flexibility index (Phi) is 5.03. The lowest BCUT2D eigenvalue weighted by Crippen LogP contribution is -2.23. The van der Waals surface area contributed by atoms with Crippen LogP contribution < -0.4 is 4.74 Å². The number of nitrogens with zero attached hydrogens (tertiary/aromatic N) is 1. The van der Waals surface area contributed by atoms with Crippen LogP contribution in [0.2, 0.25) is 0 Å². The third kappa shape index (κ3) is 4.27. The molecule has 1 N–H and O–H groups in total. The lowest BCUT2D eigenvalue weighted by atomic mass is 9.86. The average molecular weight is 319 g/mol. The van der Waals surface area contributed by atoms with Crippen molar-refractivity contribution in [1.82, 2.24) is 4.90 Å². The van der Waals surface area contributed by atoms with E-state index in [1.54, 1.807) is 12.1 Å². The molecule has 0 spiro atoms. The smallest absolute Gasteiger partial charge is 0.131 e. The van der Waals surface area contributed by atoms with Gasteiger partial charge in [-0.05, 0) is 30.0 Å². The third-order valence-corrected chi connectivity index (χ3v) is 4.22. The van der Waals surface area contributed by atoms with Gasteiger partial charge in [0.15, 0.2) is 0 Å². The third-order valence-electron chi connectivity index (χ3n) is 4.22. The number of likely N-dealkylation sites (tertiary alicyclic amines) is 1. The molecular formula is C19H26FNO2. The van der Waals surface area contributed by atoms with Gasteiger partial charge in [-0.1, -0.05) is 33.9 Å². The van der Waals surface area contributed by atoms with Crippen LogP contribution in [-0.2, 0) is 5.41 Å². The minimum atomic E-state index is -0.243. The number of benzene rings is 1. The molecule has 1 unspecified atom stereocenters. The summed E-state index contributed by atoms with van der Waals surface area (Å²) in [5.74, 6) is 0.860. The summed E-state index contributed by atoms with van der Waals surface area (Å²) in [6.07, 6.45) is 0.971. The van der Waals surface area contributed by atoms with Crippen LogP contribution in [0.4, 0.5) is 4.39 Å². The van der Waals surface area contributed by atoms with Crippen molar-refractivity contribution in [2.75, 3.05) is 19.7 Å². The van der Waals surface area contributed by atoms with E-state index < -0.39 is 0 Å². The maximum atomic E-state index is 13.5. The maximum absolute atomic E-state index is 13.5. The van der Waals surface area contributed by atoms with Gasteiger partial charge in [-0.15, -0.1) is 0 Å². The molecule has 1 saturated heterocycles. The van der Waals surface area contributed by atoms with E-state index in [1.165, 1.54) is 6.07 Å².